The minimum atomic E-state index is -0.395. The van der Waals surface area contributed by atoms with Crippen LogP contribution < -0.4 is 5.32 Å². The second-order valence-corrected chi connectivity index (χ2v) is 7.82. The van der Waals surface area contributed by atoms with Crippen molar-refractivity contribution in [1.29, 1.82) is 0 Å². The predicted octanol–water partition coefficient (Wildman–Crippen LogP) is 4.36. The molecule has 0 aliphatic carbocycles. The summed E-state index contributed by atoms with van der Waals surface area (Å²) in [4.78, 5) is 41.4. The van der Waals surface area contributed by atoms with E-state index < -0.39 is 5.97 Å². The van der Waals surface area contributed by atoms with Gasteiger partial charge in [0.25, 0.3) is 5.91 Å². The monoisotopic (exact) mass is 406 g/mol. The van der Waals surface area contributed by atoms with Crippen LogP contribution in [-0.4, -0.2) is 22.6 Å². The van der Waals surface area contributed by atoms with E-state index in [0.717, 1.165) is 22.5 Å². The molecule has 0 saturated carbocycles. The van der Waals surface area contributed by atoms with Gasteiger partial charge in [-0.05, 0) is 36.2 Å². The van der Waals surface area contributed by atoms with Crippen molar-refractivity contribution in [2.75, 3.05) is 5.32 Å². The first kappa shape index (κ1) is 19.0. The zero-order valence-corrected chi connectivity index (χ0v) is 16.7. The van der Waals surface area contributed by atoms with Crippen molar-refractivity contribution in [1.82, 2.24) is 4.98 Å². The van der Waals surface area contributed by atoms with Gasteiger partial charge in [0.15, 0.2) is 10.9 Å². The molecule has 0 spiro atoms. The topological polar surface area (TPSA) is 85.4 Å². The number of Topliss-reactive ketones (excluding diaryl/α,β-unsaturated/α-hetero) is 1. The van der Waals surface area contributed by atoms with E-state index in [1.165, 1.54) is 6.92 Å². The lowest BCUT2D eigenvalue weighted by molar-refractivity contribution is 0.0252. The maximum absolute atomic E-state index is 12.7. The van der Waals surface area contributed by atoms with Crippen LogP contribution in [0.15, 0.2) is 48.5 Å². The number of nitrogens with zero attached hydrogens (tertiary/aromatic N) is 1. The SMILES string of the molecule is CC(=O)c1sc(NC(=O)c2ccc3c(c2)CC(c2ccccc2)OC3=O)nc1C. The third-order valence-electron chi connectivity index (χ3n) is 4.75. The number of hydrogen-bond acceptors (Lipinski definition) is 6. The van der Waals surface area contributed by atoms with Crippen molar-refractivity contribution in [3.63, 3.8) is 0 Å². The number of ether oxygens (including phenoxy) is 1. The summed E-state index contributed by atoms with van der Waals surface area (Å²) in [5.74, 6) is -0.819. The second-order valence-electron chi connectivity index (χ2n) is 6.82. The molecule has 2 heterocycles. The second kappa shape index (κ2) is 7.60. The van der Waals surface area contributed by atoms with E-state index in [2.05, 4.69) is 10.3 Å². The molecule has 0 bridgehead atoms. The molecule has 6 nitrogen and oxygen atoms in total. The summed E-state index contributed by atoms with van der Waals surface area (Å²) in [6, 6.07) is 14.4. The summed E-state index contributed by atoms with van der Waals surface area (Å²) < 4.78 is 5.55. The van der Waals surface area contributed by atoms with Crippen LogP contribution in [-0.2, 0) is 11.2 Å². The standard InChI is InChI=1S/C22H18N2O4S/c1-12-19(13(2)25)29-22(23-12)24-20(26)15-8-9-17-16(10-15)11-18(28-21(17)27)14-6-4-3-5-7-14/h3-10,18H,11H2,1-2H3,(H,23,24,26). The van der Waals surface area contributed by atoms with Gasteiger partial charge in [-0.25, -0.2) is 9.78 Å². The first-order valence-electron chi connectivity index (χ1n) is 9.11. The summed E-state index contributed by atoms with van der Waals surface area (Å²) >= 11 is 1.15. The summed E-state index contributed by atoms with van der Waals surface area (Å²) in [7, 11) is 0. The number of fused-ring (bicyclic) bond motifs is 1. The predicted molar refractivity (Wildman–Crippen MR) is 110 cm³/mol. The number of esters is 1. The normalized spacial score (nSPS) is 15.4. The number of anilines is 1. The average molecular weight is 406 g/mol. The Balaban J connectivity index is 1.57. The van der Waals surface area contributed by atoms with Gasteiger partial charge in [0.2, 0.25) is 0 Å². The summed E-state index contributed by atoms with van der Waals surface area (Å²) in [5, 5.41) is 3.11. The van der Waals surface area contributed by atoms with Crippen LogP contribution in [0.25, 0.3) is 0 Å². The van der Waals surface area contributed by atoms with Crippen LogP contribution in [0.1, 0.15) is 60.2 Å². The quantitative estimate of drug-likeness (QED) is 0.514. The van der Waals surface area contributed by atoms with E-state index in [0.29, 0.717) is 33.3 Å². The first-order chi connectivity index (χ1) is 13.9. The number of cyclic esters (lactones) is 1. The van der Waals surface area contributed by atoms with Crippen molar-refractivity contribution >= 4 is 34.1 Å². The van der Waals surface area contributed by atoms with Crippen molar-refractivity contribution in [3.8, 4) is 0 Å². The minimum absolute atomic E-state index is 0.0836. The Morgan fingerprint density at radius 3 is 2.62 bits per heavy atom. The molecule has 29 heavy (non-hydrogen) atoms. The number of amides is 1. The molecular weight excluding hydrogens is 388 g/mol. The van der Waals surface area contributed by atoms with Crippen LogP contribution in [0.5, 0.6) is 0 Å². The van der Waals surface area contributed by atoms with E-state index >= 15 is 0 Å². The zero-order chi connectivity index (χ0) is 20.5. The van der Waals surface area contributed by atoms with E-state index in [9.17, 15) is 14.4 Å². The zero-order valence-electron chi connectivity index (χ0n) is 15.9. The first-order valence-corrected chi connectivity index (χ1v) is 9.92. The average Bonchev–Trinajstić information content (AvgIpc) is 3.08. The lowest BCUT2D eigenvalue weighted by Gasteiger charge is -2.25. The molecule has 0 fully saturated rings. The largest absolute Gasteiger partial charge is 0.454 e. The molecule has 1 aliphatic heterocycles. The van der Waals surface area contributed by atoms with Gasteiger partial charge in [0, 0.05) is 18.9 Å². The third-order valence-corrected chi connectivity index (χ3v) is 5.92. The van der Waals surface area contributed by atoms with E-state index in [1.807, 2.05) is 30.3 Å². The van der Waals surface area contributed by atoms with E-state index in [4.69, 9.17) is 4.74 Å². The number of nitrogens with one attached hydrogen (secondary N) is 1. The van der Waals surface area contributed by atoms with Gasteiger partial charge in [0.05, 0.1) is 16.1 Å². The van der Waals surface area contributed by atoms with E-state index in [1.54, 1.807) is 25.1 Å². The smallest absolute Gasteiger partial charge is 0.339 e. The highest BCUT2D eigenvalue weighted by atomic mass is 32.1. The number of thiazole rings is 1. The molecule has 1 aromatic heterocycles. The Kier molecular flexibility index (Phi) is 4.98. The highest BCUT2D eigenvalue weighted by molar-refractivity contribution is 7.17. The van der Waals surface area contributed by atoms with Crippen LogP contribution in [0.3, 0.4) is 0 Å². The fourth-order valence-electron chi connectivity index (χ4n) is 3.34. The van der Waals surface area contributed by atoms with Crippen molar-refractivity contribution < 1.29 is 19.1 Å². The Morgan fingerprint density at radius 2 is 1.93 bits per heavy atom. The van der Waals surface area contributed by atoms with Crippen molar-refractivity contribution in [3.05, 3.63) is 81.4 Å². The molecule has 1 atom stereocenters. The number of benzene rings is 2. The number of aryl methyl sites for hydroxylation is 1. The molecule has 4 rings (SSSR count). The number of ketones is 1. The summed E-state index contributed by atoms with van der Waals surface area (Å²) in [6.07, 6.45) is 0.117. The van der Waals surface area contributed by atoms with Gasteiger partial charge in [-0.1, -0.05) is 41.7 Å². The molecule has 1 unspecified atom stereocenters. The third kappa shape index (κ3) is 3.82. The number of carbonyl (C=O) groups is 3. The van der Waals surface area contributed by atoms with Crippen LogP contribution in [0.4, 0.5) is 5.13 Å². The molecule has 1 aliphatic rings. The molecule has 0 saturated heterocycles. The molecule has 3 aromatic rings. The Bertz CT molecular complexity index is 1120. The van der Waals surface area contributed by atoms with Crippen LogP contribution in [0, 0.1) is 6.92 Å². The number of rotatable bonds is 4. The summed E-state index contributed by atoms with van der Waals surface area (Å²) in [5.41, 5.74) is 3.16. The summed E-state index contributed by atoms with van der Waals surface area (Å²) in [6.45, 7) is 3.20. The number of carbonyl (C=O) groups excluding carboxylic acids is 3. The fraction of sp³-hybridized carbons (Fsp3) is 0.182. The number of hydrogen-bond donors (Lipinski definition) is 1. The van der Waals surface area contributed by atoms with Gasteiger partial charge in [-0.3, -0.25) is 14.9 Å². The minimum Gasteiger partial charge on any atom is -0.454 e. The maximum Gasteiger partial charge on any atom is 0.339 e. The fourth-order valence-corrected chi connectivity index (χ4v) is 4.19. The van der Waals surface area contributed by atoms with Crippen LogP contribution in [0.2, 0.25) is 0 Å². The Morgan fingerprint density at radius 1 is 1.17 bits per heavy atom. The van der Waals surface area contributed by atoms with Gasteiger partial charge < -0.3 is 4.74 Å². The highest BCUT2D eigenvalue weighted by Gasteiger charge is 2.28. The molecule has 1 N–H and O–H groups in total. The van der Waals surface area contributed by atoms with Gasteiger partial charge in [-0.2, -0.15) is 0 Å². The van der Waals surface area contributed by atoms with Gasteiger partial charge in [-0.15, -0.1) is 0 Å². The maximum atomic E-state index is 12.7. The molecule has 0 radical (unpaired) electrons. The molecule has 2 aromatic carbocycles. The lowest BCUT2D eigenvalue weighted by atomic mass is 9.93. The molecular formula is C22H18N2O4S. The van der Waals surface area contributed by atoms with Crippen molar-refractivity contribution in [2.45, 2.75) is 26.4 Å². The van der Waals surface area contributed by atoms with Gasteiger partial charge in [0.1, 0.15) is 6.10 Å². The highest BCUT2D eigenvalue weighted by Crippen LogP contribution is 2.31. The lowest BCUT2D eigenvalue weighted by Crippen LogP contribution is -2.23. The Hall–Kier alpha value is -3.32. The molecule has 146 valence electrons. The number of aromatic nitrogens is 1. The Labute approximate surface area is 171 Å². The van der Waals surface area contributed by atoms with E-state index in [-0.39, 0.29) is 17.8 Å². The molecule has 1 amide bonds. The van der Waals surface area contributed by atoms with Crippen LogP contribution >= 0.6 is 11.3 Å². The van der Waals surface area contributed by atoms with Crippen molar-refractivity contribution in [2.24, 2.45) is 0 Å². The molecule has 7 heteroatoms. The van der Waals surface area contributed by atoms with Gasteiger partial charge >= 0.3 is 5.97 Å².